The minimum atomic E-state index is -0.897. The topological polar surface area (TPSA) is 73.6 Å². The number of imidazole rings is 1. The SMILES string of the molecule is Cn1c(-c2ccc3c(c2)OCO3)nc(Br)c1CC(=O)O. The van der Waals surface area contributed by atoms with Crippen LogP contribution in [0.3, 0.4) is 0 Å². The van der Waals surface area contributed by atoms with Crippen LogP contribution in [0.15, 0.2) is 22.8 Å². The molecule has 0 atom stereocenters. The molecule has 1 aromatic heterocycles. The molecule has 2 heterocycles. The molecule has 2 aromatic rings. The summed E-state index contributed by atoms with van der Waals surface area (Å²) in [6, 6.07) is 5.52. The molecule has 0 saturated carbocycles. The molecule has 0 spiro atoms. The van der Waals surface area contributed by atoms with Crippen molar-refractivity contribution in [3.63, 3.8) is 0 Å². The van der Waals surface area contributed by atoms with Crippen LogP contribution in [0.2, 0.25) is 0 Å². The molecule has 3 rings (SSSR count). The van der Waals surface area contributed by atoms with Crippen LogP contribution < -0.4 is 9.47 Å². The number of nitrogens with zero attached hydrogens (tertiary/aromatic N) is 2. The number of fused-ring (bicyclic) bond motifs is 1. The van der Waals surface area contributed by atoms with E-state index in [4.69, 9.17) is 14.6 Å². The minimum Gasteiger partial charge on any atom is -0.481 e. The van der Waals surface area contributed by atoms with Gasteiger partial charge in [0.1, 0.15) is 10.4 Å². The maximum atomic E-state index is 10.9. The number of benzene rings is 1. The summed E-state index contributed by atoms with van der Waals surface area (Å²) in [6.07, 6.45) is -0.0887. The van der Waals surface area contributed by atoms with Gasteiger partial charge < -0.3 is 19.1 Å². The van der Waals surface area contributed by atoms with E-state index in [1.165, 1.54) is 0 Å². The van der Waals surface area contributed by atoms with Crippen molar-refractivity contribution in [3.05, 3.63) is 28.5 Å². The van der Waals surface area contributed by atoms with Gasteiger partial charge in [0.15, 0.2) is 11.5 Å². The Hall–Kier alpha value is -2.02. The van der Waals surface area contributed by atoms with Crippen molar-refractivity contribution < 1.29 is 19.4 Å². The van der Waals surface area contributed by atoms with Crippen LogP contribution in [0.4, 0.5) is 0 Å². The van der Waals surface area contributed by atoms with Gasteiger partial charge in [-0.3, -0.25) is 4.79 Å². The Morgan fingerprint density at radius 1 is 1.45 bits per heavy atom. The molecule has 0 amide bonds. The van der Waals surface area contributed by atoms with Gasteiger partial charge in [-0.05, 0) is 34.1 Å². The number of carboxylic acid groups (broad SMARTS) is 1. The maximum absolute atomic E-state index is 10.9. The molecule has 104 valence electrons. The zero-order chi connectivity index (χ0) is 14.3. The van der Waals surface area contributed by atoms with Crippen molar-refractivity contribution >= 4 is 21.9 Å². The third-order valence-corrected chi connectivity index (χ3v) is 3.75. The fourth-order valence-corrected chi connectivity index (χ4v) is 2.70. The van der Waals surface area contributed by atoms with E-state index in [0.29, 0.717) is 27.6 Å². The van der Waals surface area contributed by atoms with E-state index in [9.17, 15) is 4.79 Å². The Labute approximate surface area is 123 Å². The van der Waals surface area contributed by atoms with E-state index >= 15 is 0 Å². The van der Waals surface area contributed by atoms with Crippen molar-refractivity contribution in [1.82, 2.24) is 9.55 Å². The third-order valence-electron chi connectivity index (χ3n) is 3.11. The van der Waals surface area contributed by atoms with Crippen molar-refractivity contribution in [2.45, 2.75) is 6.42 Å². The Morgan fingerprint density at radius 3 is 2.95 bits per heavy atom. The first-order chi connectivity index (χ1) is 9.56. The van der Waals surface area contributed by atoms with Crippen LogP contribution in [-0.4, -0.2) is 27.4 Å². The molecule has 6 nitrogen and oxygen atoms in total. The smallest absolute Gasteiger partial charge is 0.309 e. The quantitative estimate of drug-likeness (QED) is 0.928. The standard InChI is InChI=1S/C13H11BrN2O4/c1-16-8(5-11(17)18)12(14)15-13(16)7-2-3-9-10(4-7)20-6-19-9/h2-4H,5-6H2,1H3,(H,17,18). The second-order valence-electron chi connectivity index (χ2n) is 4.37. The predicted molar refractivity (Wildman–Crippen MR) is 73.8 cm³/mol. The molecule has 0 aliphatic carbocycles. The molecule has 1 N–H and O–H groups in total. The third kappa shape index (κ3) is 2.14. The molecule has 1 aromatic carbocycles. The van der Waals surface area contributed by atoms with E-state index in [0.717, 1.165) is 5.56 Å². The van der Waals surface area contributed by atoms with Gasteiger partial charge in [-0.15, -0.1) is 0 Å². The summed E-state index contributed by atoms with van der Waals surface area (Å²) < 4.78 is 12.9. The lowest BCUT2D eigenvalue weighted by molar-refractivity contribution is -0.136. The van der Waals surface area contributed by atoms with Crippen LogP contribution in [0.1, 0.15) is 5.69 Å². The van der Waals surface area contributed by atoms with Gasteiger partial charge in [-0.1, -0.05) is 0 Å². The van der Waals surface area contributed by atoms with Gasteiger partial charge in [-0.2, -0.15) is 0 Å². The number of rotatable bonds is 3. The molecule has 1 aliphatic rings. The number of ether oxygens (including phenoxy) is 2. The summed E-state index contributed by atoms with van der Waals surface area (Å²) in [5.74, 6) is 1.14. The predicted octanol–water partition coefficient (Wildman–Crippen LogP) is 2.21. The number of carboxylic acids is 1. The van der Waals surface area contributed by atoms with Gasteiger partial charge in [0.2, 0.25) is 6.79 Å². The highest BCUT2D eigenvalue weighted by Gasteiger charge is 2.19. The molecule has 7 heteroatoms. The second kappa shape index (κ2) is 4.82. The van der Waals surface area contributed by atoms with E-state index < -0.39 is 5.97 Å². The number of aliphatic carboxylic acids is 1. The average molecular weight is 339 g/mol. The fourth-order valence-electron chi connectivity index (χ4n) is 2.13. The largest absolute Gasteiger partial charge is 0.481 e. The number of halogens is 1. The van der Waals surface area contributed by atoms with Crippen LogP contribution in [0.5, 0.6) is 11.5 Å². The summed E-state index contributed by atoms with van der Waals surface area (Å²) in [6.45, 7) is 0.216. The number of hydrogen-bond acceptors (Lipinski definition) is 4. The van der Waals surface area contributed by atoms with Crippen LogP contribution in [-0.2, 0) is 18.3 Å². The summed E-state index contributed by atoms with van der Waals surface area (Å²) in [4.78, 5) is 15.3. The Balaban J connectivity index is 2.04. The van der Waals surface area contributed by atoms with Crippen LogP contribution >= 0.6 is 15.9 Å². The molecular weight excluding hydrogens is 328 g/mol. The molecule has 0 radical (unpaired) electrons. The molecule has 1 aliphatic heterocycles. The summed E-state index contributed by atoms with van der Waals surface area (Å²) in [5, 5.41) is 8.92. The normalized spacial score (nSPS) is 12.7. The van der Waals surface area contributed by atoms with Gasteiger partial charge in [0.05, 0.1) is 12.1 Å². The maximum Gasteiger partial charge on any atom is 0.309 e. The Morgan fingerprint density at radius 2 is 2.20 bits per heavy atom. The highest BCUT2D eigenvalue weighted by molar-refractivity contribution is 9.10. The van der Waals surface area contributed by atoms with Crippen LogP contribution in [0, 0.1) is 0 Å². The van der Waals surface area contributed by atoms with Crippen molar-refractivity contribution in [2.24, 2.45) is 7.05 Å². The van der Waals surface area contributed by atoms with Crippen molar-refractivity contribution in [2.75, 3.05) is 6.79 Å². The van der Waals surface area contributed by atoms with Crippen molar-refractivity contribution in [1.29, 1.82) is 0 Å². The average Bonchev–Trinajstić information content (AvgIpc) is 2.97. The van der Waals surface area contributed by atoms with E-state index in [1.54, 1.807) is 11.6 Å². The van der Waals surface area contributed by atoms with Crippen molar-refractivity contribution in [3.8, 4) is 22.9 Å². The number of aromatic nitrogens is 2. The van der Waals surface area contributed by atoms with E-state index in [2.05, 4.69) is 20.9 Å². The zero-order valence-electron chi connectivity index (χ0n) is 10.6. The lowest BCUT2D eigenvalue weighted by atomic mass is 10.2. The monoisotopic (exact) mass is 338 g/mol. The molecule has 20 heavy (non-hydrogen) atoms. The number of hydrogen-bond donors (Lipinski definition) is 1. The Bertz CT molecular complexity index is 696. The lowest BCUT2D eigenvalue weighted by Crippen LogP contribution is -2.06. The van der Waals surface area contributed by atoms with Gasteiger partial charge in [0.25, 0.3) is 0 Å². The summed E-state index contributed by atoms with van der Waals surface area (Å²) in [5.41, 5.74) is 1.46. The first-order valence-electron chi connectivity index (χ1n) is 5.89. The Kier molecular flexibility index (Phi) is 3.13. The number of carbonyl (C=O) groups is 1. The van der Waals surface area contributed by atoms with E-state index in [1.807, 2.05) is 18.2 Å². The first-order valence-corrected chi connectivity index (χ1v) is 6.68. The van der Waals surface area contributed by atoms with Crippen LogP contribution in [0.25, 0.3) is 11.4 Å². The van der Waals surface area contributed by atoms with Gasteiger partial charge >= 0.3 is 5.97 Å². The lowest BCUT2D eigenvalue weighted by Gasteiger charge is -2.05. The summed E-state index contributed by atoms with van der Waals surface area (Å²) in [7, 11) is 1.79. The molecule has 0 saturated heterocycles. The van der Waals surface area contributed by atoms with E-state index in [-0.39, 0.29) is 13.2 Å². The highest BCUT2D eigenvalue weighted by atomic mass is 79.9. The van der Waals surface area contributed by atoms with Gasteiger partial charge in [-0.25, -0.2) is 4.98 Å². The molecule has 0 fully saturated rings. The minimum absolute atomic E-state index is 0.0887. The molecular formula is C13H11BrN2O4. The summed E-state index contributed by atoms with van der Waals surface area (Å²) >= 11 is 3.30. The second-order valence-corrected chi connectivity index (χ2v) is 5.12. The fraction of sp³-hybridized carbons (Fsp3) is 0.231. The zero-order valence-corrected chi connectivity index (χ0v) is 12.2. The molecule has 0 bridgehead atoms. The molecule has 0 unspecified atom stereocenters. The highest BCUT2D eigenvalue weighted by Crippen LogP contribution is 2.36. The first kappa shape index (κ1) is 13.0. The van der Waals surface area contributed by atoms with Gasteiger partial charge in [0, 0.05) is 12.6 Å².